The minimum absolute atomic E-state index is 0. The molecule has 1 heterocycles. The number of ether oxygens (including phenoxy) is 1. The largest absolute Gasteiger partial charge is 1.00 e. The molecule has 1 aromatic rings. The molecule has 0 aromatic heterocycles. The summed E-state index contributed by atoms with van der Waals surface area (Å²) in [5, 5.41) is 3.28. The Hall–Kier alpha value is -2.13. The maximum Gasteiger partial charge on any atom is 0.338 e. The summed E-state index contributed by atoms with van der Waals surface area (Å²) in [6.07, 6.45) is 1.27. The zero-order valence-corrected chi connectivity index (χ0v) is 17.7. The van der Waals surface area contributed by atoms with Crippen molar-refractivity contribution in [3.05, 3.63) is 40.8 Å². The van der Waals surface area contributed by atoms with E-state index in [1.165, 1.54) is 17.8 Å². The van der Waals surface area contributed by atoms with E-state index in [9.17, 15) is 14.4 Å². The van der Waals surface area contributed by atoms with Crippen LogP contribution in [0.2, 0.25) is 0 Å². The molecule has 7 nitrogen and oxygen atoms in total. The van der Waals surface area contributed by atoms with E-state index in [2.05, 4.69) is 10.3 Å². The monoisotopic (exact) mass is 454 g/mol. The lowest BCUT2D eigenvalue weighted by atomic mass is 10.2. The van der Waals surface area contributed by atoms with E-state index in [-0.39, 0.29) is 22.9 Å². The number of nitrogens with zero attached hydrogens (tertiary/aromatic N) is 2. The van der Waals surface area contributed by atoms with E-state index in [0.717, 1.165) is 0 Å². The number of benzene rings is 1. The number of halogens is 1. The Labute approximate surface area is 173 Å². The summed E-state index contributed by atoms with van der Waals surface area (Å²) in [4.78, 5) is 42.3. The first-order valence-corrected chi connectivity index (χ1v) is 9.15. The number of hydrogen-bond acceptors (Lipinski definition) is 6. The Morgan fingerprint density at radius 2 is 1.89 bits per heavy atom. The van der Waals surface area contributed by atoms with Gasteiger partial charge in [-0.05, 0) is 56.8 Å². The molecule has 1 aliphatic rings. The molecule has 9 heteroatoms. The van der Waals surface area contributed by atoms with Gasteiger partial charge in [0.2, 0.25) is 5.91 Å². The van der Waals surface area contributed by atoms with Crippen LogP contribution in [0.1, 0.15) is 31.1 Å². The molecular formula is C18H21BrN3O4S-. The highest BCUT2D eigenvalue weighted by Gasteiger charge is 2.32. The summed E-state index contributed by atoms with van der Waals surface area (Å²) < 4.78 is 4.91. The zero-order chi connectivity index (χ0) is 19.1. The van der Waals surface area contributed by atoms with Gasteiger partial charge in [0.05, 0.1) is 17.1 Å². The molecule has 27 heavy (non-hydrogen) atoms. The van der Waals surface area contributed by atoms with Crippen molar-refractivity contribution in [2.75, 3.05) is 25.0 Å². The first kappa shape index (κ1) is 22.9. The molecule has 1 saturated heterocycles. The van der Waals surface area contributed by atoms with E-state index < -0.39 is 11.9 Å². The first-order chi connectivity index (χ1) is 12.5. The lowest BCUT2D eigenvalue weighted by Gasteiger charge is -2.11. The third-order valence-corrected chi connectivity index (χ3v) is 4.47. The smallest absolute Gasteiger partial charge is 0.338 e. The molecule has 0 bridgehead atoms. The predicted octanol–water partition coefficient (Wildman–Crippen LogP) is -0.339. The number of rotatable bonds is 6. The molecule has 2 rings (SSSR count). The molecule has 0 spiro atoms. The summed E-state index contributed by atoms with van der Waals surface area (Å²) in [5.74, 6) is -1.06. The fourth-order valence-corrected chi connectivity index (χ4v) is 3.32. The molecule has 1 N–H and O–H groups in total. The van der Waals surface area contributed by atoms with Gasteiger partial charge in [0, 0.05) is 24.9 Å². The number of nitrogens with one attached hydrogen (secondary N) is 1. The van der Waals surface area contributed by atoms with Gasteiger partial charge >= 0.3 is 5.97 Å². The van der Waals surface area contributed by atoms with Crippen LogP contribution < -0.4 is 22.3 Å². The van der Waals surface area contributed by atoms with Crippen LogP contribution in [-0.4, -0.2) is 47.5 Å². The molecule has 0 unspecified atom stereocenters. The number of hydrogen-bond donors (Lipinski definition) is 1. The Morgan fingerprint density at radius 1 is 1.22 bits per heavy atom. The molecular weight excluding hydrogens is 434 g/mol. The minimum Gasteiger partial charge on any atom is -1.00 e. The summed E-state index contributed by atoms with van der Waals surface area (Å²) in [6, 6.07) is 6.35. The number of carbonyl (C=O) groups excluding carboxylic acids is 3. The van der Waals surface area contributed by atoms with Crippen LogP contribution in [0.25, 0.3) is 0 Å². The number of carbonyl (C=O) groups is 3. The van der Waals surface area contributed by atoms with Gasteiger partial charge in [0.15, 0.2) is 5.17 Å². The van der Waals surface area contributed by atoms with E-state index in [1.54, 1.807) is 36.1 Å². The van der Waals surface area contributed by atoms with Gasteiger partial charge in [-0.1, -0.05) is 0 Å². The van der Waals surface area contributed by atoms with Crippen molar-refractivity contribution in [1.29, 1.82) is 0 Å². The van der Waals surface area contributed by atoms with E-state index in [4.69, 9.17) is 4.74 Å². The first-order valence-electron chi connectivity index (χ1n) is 8.34. The standard InChI is InChI=1S/C18H21N3O4S.BrH/c1-4-19-18-21(5-2)16(23)14(26-18)11-15(22)20-13-9-7-12(8-10-13)17(24)25-6-3;/h7-11H,4-6H2,1-3H3,(H,20,22);1H/p-1/b14-11+,19-18?;. The maximum absolute atomic E-state index is 12.3. The minimum atomic E-state index is -0.418. The van der Waals surface area contributed by atoms with Crippen molar-refractivity contribution in [3.63, 3.8) is 0 Å². The highest BCUT2D eigenvalue weighted by molar-refractivity contribution is 8.18. The maximum atomic E-state index is 12.3. The molecule has 146 valence electrons. The van der Waals surface area contributed by atoms with Crippen LogP contribution in [0.5, 0.6) is 0 Å². The van der Waals surface area contributed by atoms with Crippen LogP contribution in [0.3, 0.4) is 0 Å². The predicted molar refractivity (Wildman–Crippen MR) is 102 cm³/mol. The van der Waals surface area contributed by atoms with E-state index in [0.29, 0.717) is 41.0 Å². The average molecular weight is 455 g/mol. The molecule has 1 aliphatic heterocycles. The average Bonchev–Trinajstić information content (AvgIpc) is 2.90. The molecule has 1 fully saturated rings. The van der Waals surface area contributed by atoms with Crippen molar-refractivity contribution < 1.29 is 36.1 Å². The second-order valence-electron chi connectivity index (χ2n) is 5.20. The van der Waals surface area contributed by atoms with Crippen molar-refractivity contribution in [3.8, 4) is 0 Å². The second-order valence-corrected chi connectivity index (χ2v) is 6.21. The molecule has 0 atom stereocenters. The number of aliphatic imine (C=N–C) groups is 1. The highest BCUT2D eigenvalue weighted by atomic mass is 79.9. The third kappa shape index (κ3) is 5.93. The number of likely N-dealkylation sites (N-methyl/N-ethyl adjacent to an activating group) is 1. The number of amides is 2. The number of amidine groups is 1. The van der Waals surface area contributed by atoms with Gasteiger partial charge < -0.3 is 27.0 Å². The molecule has 0 saturated carbocycles. The SMILES string of the molecule is CCN=C1S/C(=C/C(=O)Nc2ccc(C(=O)OCC)cc2)C(=O)N1CC.[Br-]. The molecule has 0 radical (unpaired) electrons. The lowest BCUT2D eigenvalue weighted by molar-refractivity contribution is -0.122. The number of anilines is 1. The van der Waals surface area contributed by atoms with Gasteiger partial charge in [0.1, 0.15) is 0 Å². The summed E-state index contributed by atoms with van der Waals surface area (Å²) in [6.45, 7) is 6.85. The Morgan fingerprint density at radius 3 is 2.44 bits per heavy atom. The van der Waals surface area contributed by atoms with Crippen molar-refractivity contribution in [1.82, 2.24) is 4.90 Å². The topological polar surface area (TPSA) is 88.1 Å². The Bertz CT molecular complexity index is 762. The van der Waals surface area contributed by atoms with Crippen LogP contribution in [0.4, 0.5) is 5.69 Å². The van der Waals surface area contributed by atoms with Crippen LogP contribution >= 0.6 is 11.8 Å². The highest BCUT2D eigenvalue weighted by Crippen LogP contribution is 2.30. The summed E-state index contributed by atoms with van der Waals surface area (Å²) in [5.41, 5.74) is 0.925. The van der Waals surface area contributed by atoms with Crippen molar-refractivity contribution in [2.24, 2.45) is 4.99 Å². The zero-order valence-electron chi connectivity index (χ0n) is 15.3. The molecule has 2 amide bonds. The van der Waals surface area contributed by atoms with Gasteiger partial charge in [-0.25, -0.2) is 4.79 Å². The molecule has 0 aliphatic carbocycles. The third-order valence-electron chi connectivity index (χ3n) is 3.42. The van der Waals surface area contributed by atoms with Crippen molar-refractivity contribution in [2.45, 2.75) is 20.8 Å². The number of esters is 1. The fourth-order valence-electron chi connectivity index (χ4n) is 2.24. The summed E-state index contributed by atoms with van der Waals surface area (Å²) in [7, 11) is 0. The van der Waals surface area contributed by atoms with E-state index in [1.807, 2.05) is 13.8 Å². The van der Waals surface area contributed by atoms with Gasteiger partial charge in [0.25, 0.3) is 5.91 Å². The second kappa shape index (κ2) is 10.9. The van der Waals surface area contributed by atoms with Crippen LogP contribution in [0, 0.1) is 0 Å². The van der Waals surface area contributed by atoms with Crippen LogP contribution in [-0.2, 0) is 14.3 Å². The fraction of sp³-hybridized carbons (Fsp3) is 0.333. The lowest BCUT2D eigenvalue weighted by Crippen LogP contribution is -3.00. The number of thioether (sulfide) groups is 1. The Balaban J connectivity index is 0.00000364. The quantitative estimate of drug-likeness (QED) is 0.469. The summed E-state index contributed by atoms with van der Waals surface area (Å²) >= 11 is 1.19. The van der Waals surface area contributed by atoms with E-state index >= 15 is 0 Å². The Kier molecular flexibility index (Phi) is 9.23. The van der Waals surface area contributed by atoms with Gasteiger partial charge in [-0.3, -0.25) is 19.5 Å². The van der Waals surface area contributed by atoms with Crippen molar-refractivity contribution >= 4 is 40.4 Å². The van der Waals surface area contributed by atoms with Crippen LogP contribution in [0.15, 0.2) is 40.2 Å². The molecule has 1 aromatic carbocycles. The van der Waals surface area contributed by atoms with Gasteiger partial charge in [-0.2, -0.15) is 0 Å². The van der Waals surface area contributed by atoms with Gasteiger partial charge in [-0.15, -0.1) is 0 Å². The normalized spacial score (nSPS) is 16.4.